The number of benzene rings is 2. The lowest BCUT2D eigenvalue weighted by atomic mass is 10.1. The van der Waals surface area contributed by atoms with Crippen LogP contribution < -0.4 is 0 Å². The van der Waals surface area contributed by atoms with E-state index in [1.165, 1.54) is 5.56 Å². The van der Waals surface area contributed by atoms with Crippen LogP contribution in [0.4, 0.5) is 0 Å². The SMILES string of the molecule is Cc1cc(-c2noc(CCc3ccccc3)n2)c2ccccc2n1. The molecule has 2 aromatic heterocycles. The minimum Gasteiger partial charge on any atom is -0.339 e. The van der Waals surface area contributed by atoms with E-state index in [2.05, 4.69) is 27.3 Å². The summed E-state index contributed by atoms with van der Waals surface area (Å²) in [5.41, 5.74) is 4.12. The first-order chi connectivity index (χ1) is 11.8. The van der Waals surface area contributed by atoms with E-state index in [4.69, 9.17) is 4.52 Å². The molecule has 4 heteroatoms. The molecule has 0 unspecified atom stereocenters. The lowest BCUT2D eigenvalue weighted by Gasteiger charge is -2.03. The Balaban J connectivity index is 1.63. The Hall–Kier alpha value is -3.01. The van der Waals surface area contributed by atoms with Crippen molar-refractivity contribution in [2.75, 3.05) is 0 Å². The summed E-state index contributed by atoms with van der Waals surface area (Å²) in [6.45, 7) is 1.98. The van der Waals surface area contributed by atoms with E-state index < -0.39 is 0 Å². The topological polar surface area (TPSA) is 51.8 Å². The van der Waals surface area contributed by atoms with Crippen LogP contribution in [0.1, 0.15) is 17.1 Å². The van der Waals surface area contributed by atoms with Gasteiger partial charge >= 0.3 is 0 Å². The van der Waals surface area contributed by atoms with Gasteiger partial charge in [-0.1, -0.05) is 53.7 Å². The Morgan fingerprint density at radius 2 is 1.67 bits per heavy atom. The zero-order valence-electron chi connectivity index (χ0n) is 13.4. The molecule has 24 heavy (non-hydrogen) atoms. The van der Waals surface area contributed by atoms with Crippen LogP contribution in [0.25, 0.3) is 22.3 Å². The number of para-hydroxylation sites is 1. The molecule has 0 aliphatic carbocycles. The Labute approximate surface area is 140 Å². The number of hydrogen-bond acceptors (Lipinski definition) is 4. The molecule has 0 aliphatic heterocycles. The van der Waals surface area contributed by atoms with Gasteiger partial charge in [0.25, 0.3) is 0 Å². The van der Waals surface area contributed by atoms with Crippen molar-refractivity contribution < 1.29 is 4.52 Å². The van der Waals surface area contributed by atoms with Crippen molar-refractivity contribution in [3.8, 4) is 11.4 Å². The molecule has 0 saturated carbocycles. The molecular formula is C20H17N3O. The standard InChI is InChI=1S/C20H17N3O/c1-14-13-17(16-9-5-6-10-18(16)21-14)20-22-19(24-23-20)12-11-15-7-3-2-4-8-15/h2-10,13H,11-12H2,1H3. The second kappa shape index (κ2) is 6.24. The molecule has 0 bridgehead atoms. The molecule has 0 amide bonds. The Morgan fingerprint density at radius 3 is 2.54 bits per heavy atom. The fraction of sp³-hybridized carbons (Fsp3) is 0.150. The molecule has 0 radical (unpaired) electrons. The highest BCUT2D eigenvalue weighted by molar-refractivity contribution is 5.92. The summed E-state index contributed by atoms with van der Waals surface area (Å²) in [5.74, 6) is 1.28. The quantitative estimate of drug-likeness (QED) is 0.561. The van der Waals surface area contributed by atoms with Gasteiger partial charge < -0.3 is 4.52 Å². The summed E-state index contributed by atoms with van der Waals surface area (Å²) in [6, 6.07) is 20.4. The van der Waals surface area contributed by atoms with Crippen molar-refractivity contribution in [2.24, 2.45) is 0 Å². The van der Waals surface area contributed by atoms with Gasteiger partial charge in [0, 0.05) is 23.1 Å². The fourth-order valence-electron chi connectivity index (χ4n) is 2.85. The maximum absolute atomic E-state index is 5.45. The largest absolute Gasteiger partial charge is 0.339 e. The average molecular weight is 315 g/mol. The molecule has 4 nitrogen and oxygen atoms in total. The van der Waals surface area contributed by atoms with Gasteiger partial charge in [-0.3, -0.25) is 4.98 Å². The Bertz CT molecular complexity index is 977. The molecule has 0 aliphatic rings. The molecule has 0 atom stereocenters. The average Bonchev–Trinajstić information content (AvgIpc) is 3.09. The molecule has 2 aromatic carbocycles. The van der Waals surface area contributed by atoms with Crippen LogP contribution in [-0.4, -0.2) is 15.1 Å². The van der Waals surface area contributed by atoms with Gasteiger partial charge in [-0.05, 0) is 31.0 Å². The normalized spacial score (nSPS) is 11.0. The van der Waals surface area contributed by atoms with Crippen molar-refractivity contribution in [2.45, 2.75) is 19.8 Å². The highest BCUT2D eigenvalue weighted by Crippen LogP contribution is 2.26. The Kier molecular flexibility index (Phi) is 3.79. The van der Waals surface area contributed by atoms with Crippen LogP contribution in [0.5, 0.6) is 0 Å². The molecule has 0 N–H and O–H groups in total. The zero-order chi connectivity index (χ0) is 16.4. The maximum Gasteiger partial charge on any atom is 0.227 e. The first-order valence-electron chi connectivity index (χ1n) is 8.03. The van der Waals surface area contributed by atoms with E-state index in [-0.39, 0.29) is 0 Å². The third-order valence-electron chi connectivity index (χ3n) is 4.02. The predicted molar refractivity (Wildman–Crippen MR) is 93.6 cm³/mol. The molecule has 4 rings (SSSR count). The third kappa shape index (κ3) is 2.91. The van der Waals surface area contributed by atoms with Gasteiger partial charge in [-0.15, -0.1) is 0 Å². The minimum atomic E-state index is 0.625. The number of aromatic nitrogens is 3. The molecule has 0 saturated heterocycles. The third-order valence-corrected chi connectivity index (χ3v) is 4.02. The fourth-order valence-corrected chi connectivity index (χ4v) is 2.85. The first-order valence-corrected chi connectivity index (χ1v) is 8.03. The first kappa shape index (κ1) is 14.6. The van der Waals surface area contributed by atoms with Gasteiger partial charge in [0.1, 0.15) is 0 Å². The number of nitrogens with zero attached hydrogens (tertiary/aromatic N) is 3. The highest BCUT2D eigenvalue weighted by atomic mass is 16.5. The number of pyridine rings is 1. The van der Waals surface area contributed by atoms with Crippen LogP contribution in [0.3, 0.4) is 0 Å². The van der Waals surface area contributed by atoms with Crippen molar-refractivity contribution in [1.29, 1.82) is 0 Å². The van der Waals surface area contributed by atoms with Crippen LogP contribution in [-0.2, 0) is 12.8 Å². The highest BCUT2D eigenvalue weighted by Gasteiger charge is 2.13. The van der Waals surface area contributed by atoms with Crippen LogP contribution in [0.2, 0.25) is 0 Å². The number of aryl methyl sites for hydroxylation is 3. The lowest BCUT2D eigenvalue weighted by molar-refractivity contribution is 0.379. The zero-order valence-corrected chi connectivity index (χ0v) is 13.4. The van der Waals surface area contributed by atoms with Crippen LogP contribution in [0.15, 0.2) is 65.2 Å². The van der Waals surface area contributed by atoms with E-state index in [1.54, 1.807) is 0 Å². The van der Waals surface area contributed by atoms with E-state index in [0.717, 1.165) is 35.0 Å². The van der Waals surface area contributed by atoms with Crippen molar-refractivity contribution >= 4 is 10.9 Å². The number of fused-ring (bicyclic) bond motifs is 1. The lowest BCUT2D eigenvalue weighted by Crippen LogP contribution is -1.92. The van der Waals surface area contributed by atoms with E-state index >= 15 is 0 Å². The van der Waals surface area contributed by atoms with Gasteiger partial charge in [0.05, 0.1) is 5.52 Å². The molecule has 0 fully saturated rings. The summed E-state index contributed by atoms with van der Waals surface area (Å²) in [7, 11) is 0. The van der Waals surface area contributed by atoms with E-state index in [1.807, 2.05) is 55.5 Å². The monoisotopic (exact) mass is 315 g/mol. The predicted octanol–water partition coefficient (Wildman–Crippen LogP) is 4.38. The van der Waals surface area contributed by atoms with Crippen molar-refractivity contribution in [1.82, 2.24) is 15.1 Å². The van der Waals surface area contributed by atoms with Crippen molar-refractivity contribution in [3.05, 3.63) is 77.8 Å². The van der Waals surface area contributed by atoms with Gasteiger partial charge in [0.15, 0.2) is 0 Å². The van der Waals surface area contributed by atoms with Gasteiger partial charge in [-0.25, -0.2) is 0 Å². The summed E-state index contributed by atoms with van der Waals surface area (Å²) < 4.78 is 5.45. The van der Waals surface area contributed by atoms with Crippen LogP contribution >= 0.6 is 0 Å². The van der Waals surface area contributed by atoms with Gasteiger partial charge in [-0.2, -0.15) is 4.98 Å². The molecule has 4 aromatic rings. The van der Waals surface area contributed by atoms with Crippen molar-refractivity contribution in [3.63, 3.8) is 0 Å². The minimum absolute atomic E-state index is 0.625. The van der Waals surface area contributed by atoms with Crippen LogP contribution in [0, 0.1) is 6.92 Å². The van der Waals surface area contributed by atoms with Gasteiger partial charge in [0.2, 0.25) is 11.7 Å². The Morgan fingerprint density at radius 1 is 0.875 bits per heavy atom. The summed E-state index contributed by atoms with van der Waals surface area (Å²) >= 11 is 0. The second-order valence-corrected chi connectivity index (χ2v) is 5.83. The summed E-state index contributed by atoms with van der Waals surface area (Å²) in [5, 5.41) is 5.22. The summed E-state index contributed by atoms with van der Waals surface area (Å²) in [4.78, 5) is 9.14. The smallest absolute Gasteiger partial charge is 0.227 e. The molecular weight excluding hydrogens is 298 g/mol. The molecule has 118 valence electrons. The molecule has 0 spiro atoms. The van der Waals surface area contributed by atoms with E-state index in [9.17, 15) is 0 Å². The summed E-state index contributed by atoms with van der Waals surface area (Å²) in [6.07, 6.45) is 1.62. The maximum atomic E-state index is 5.45. The molecule has 2 heterocycles. The van der Waals surface area contributed by atoms with E-state index in [0.29, 0.717) is 11.7 Å². The number of rotatable bonds is 4. The number of hydrogen-bond donors (Lipinski definition) is 0. The second-order valence-electron chi connectivity index (χ2n) is 5.83.